The standard InChI is InChI=1S/C67H64N6/c1-41-30-45-34-46(31-41)39-66(4,38-45)64-68-63(69-65(70-64)67-36-42(2)32-44(40-67)33-43(3)37-67)47-18-17-23-50(35-47)73-55-28-15-11-24-51(55)57-58-52-25-12-14-27-54(52)71(48-19-7-5-8-20-48)61(58)62-59(60(57)73)53-26-13-16-29-56(53)72(62)49-21-9-6-10-22-49/h5-29,35,41-46H,30-34,36-40H2,1-4H3. The van der Waals surface area contributed by atoms with Gasteiger partial charge in [-0.15, -0.1) is 0 Å². The molecule has 15 rings (SSSR count). The lowest BCUT2D eigenvalue weighted by molar-refractivity contribution is 0.0689. The molecular weight excluding hydrogens is 889 g/mol. The highest BCUT2D eigenvalue weighted by Crippen LogP contribution is 2.56. The minimum Gasteiger partial charge on any atom is -0.308 e. The second-order valence-corrected chi connectivity index (χ2v) is 24.2. The summed E-state index contributed by atoms with van der Waals surface area (Å²) in [7, 11) is 0. The van der Waals surface area contributed by atoms with Crippen molar-refractivity contribution >= 4 is 65.4 Å². The van der Waals surface area contributed by atoms with Crippen molar-refractivity contribution in [2.45, 2.75) is 103 Å². The second kappa shape index (κ2) is 16.2. The normalized spacial score (nSPS) is 26.2. The molecule has 4 unspecified atom stereocenters. The van der Waals surface area contributed by atoms with E-state index in [1.54, 1.807) is 0 Å². The molecule has 4 fully saturated rings. The summed E-state index contributed by atoms with van der Waals surface area (Å²) >= 11 is 0. The first kappa shape index (κ1) is 43.5. The van der Waals surface area contributed by atoms with Crippen LogP contribution in [0.5, 0.6) is 0 Å². The Morgan fingerprint density at radius 3 is 1.44 bits per heavy atom. The van der Waals surface area contributed by atoms with Crippen LogP contribution in [-0.4, -0.2) is 28.7 Å². The van der Waals surface area contributed by atoms with Crippen molar-refractivity contribution in [3.8, 4) is 28.5 Å². The summed E-state index contributed by atoms with van der Waals surface area (Å²) in [5.74, 6) is 7.31. The molecule has 0 aliphatic heterocycles. The maximum absolute atomic E-state index is 5.80. The summed E-state index contributed by atoms with van der Waals surface area (Å²) in [6.45, 7) is 9.97. The Morgan fingerprint density at radius 2 is 0.849 bits per heavy atom. The highest BCUT2D eigenvalue weighted by Gasteiger charge is 2.49. The van der Waals surface area contributed by atoms with Crippen LogP contribution in [0.3, 0.4) is 0 Å². The SMILES string of the molecule is CC1CC2CC(C1)CC(C)(c1nc(-c3cccc(-n4c5ccccc5c5c6c7ccccc7n(-c7ccccc7)c6c6c(c7ccccc7n6-c6ccccc6)c54)c3)nc(C34CC(C)CC(CC(C)C3)C4)n1)C2. The zero-order chi connectivity index (χ0) is 48.7. The van der Waals surface area contributed by atoms with Crippen molar-refractivity contribution in [1.29, 1.82) is 0 Å². The largest absolute Gasteiger partial charge is 0.308 e. The molecule has 4 bridgehead atoms. The Balaban J connectivity index is 1.03. The molecule has 4 atom stereocenters. The third-order valence-corrected chi connectivity index (χ3v) is 18.6. The Kier molecular flexibility index (Phi) is 9.67. The Hall–Kier alpha value is -7.05. The Labute approximate surface area is 428 Å². The van der Waals surface area contributed by atoms with Crippen molar-refractivity contribution in [1.82, 2.24) is 28.7 Å². The van der Waals surface area contributed by atoms with Crippen molar-refractivity contribution < 1.29 is 0 Å². The van der Waals surface area contributed by atoms with Gasteiger partial charge in [0.1, 0.15) is 11.6 Å². The first-order valence-corrected chi connectivity index (χ1v) is 27.6. The molecule has 11 aromatic rings. The monoisotopic (exact) mass is 953 g/mol. The second-order valence-electron chi connectivity index (χ2n) is 24.2. The molecule has 7 aromatic carbocycles. The number of hydrogen-bond donors (Lipinski definition) is 0. The number of hydrogen-bond acceptors (Lipinski definition) is 3. The van der Waals surface area contributed by atoms with E-state index in [0.717, 1.165) is 63.8 Å². The molecule has 4 heterocycles. The molecule has 4 saturated carbocycles. The fourth-order valence-corrected chi connectivity index (χ4v) is 16.7. The van der Waals surface area contributed by atoms with E-state index >= 15 is 0 Å². The van der Waals surface area contributed by atoms with Gasteiger partial charge < -0.3 is 13.7 Å². The lowest BCUT2D eigenvalue weighted by Gasteiger charge is -2.49. The average Bonchev–Trinajstić information content (AvgIpc) is 4.06. The lowest BCUT2D eigenvalue weighted by atomic mass is 9.56. The molecule has 4 aromatic heterocycles. The first-order chi connectivity index (χ1) is 35.7. The summed E-state index contributed by atoms with van der Waals surface area (Å²) in [4.78, 5) is 17.3. The number of rotatable bonds is 6. The lowest BCUT2D eigenvalue weighted by Crippen LogP contribution is -2.45. The number of benzene rings is 7. The smallest absolute Gasteiger partial charge is 0.163 e. The molecule has 4 aliphatic rings. The maximum Gasteiger partial charge on any atom is 0.163 e. The van der Waals surface area contributed by atoms with Crippen LogP contribution in [0.15, 0.2) is 158 Å². The number of nitrogens with zero attached hydrogens (tertiary/aromatic N) is 6. The maximum atomic E-state index is 5.80. The van der Waals surface area contributed by atoms with Gasteiger partial charge >= 0.3 is 0 Å². The van der Waals surface area contributed by atoms with Gasteiger partial charge in [0.25, 0.3) is 0 Å². The van der Waals surface area contributed by atoms with Crippen molar-refractivity contribution in [2.24, 2.45) is 35.5 Å². The van der Waals surface area contributed by atoms with E-state index in [0.29, 0.717) is 11.8 Å². The van der Waals surface area contributed by atoms with Crippen LogP contribution in [0.1, 0.15) is 104 Å². The van der Waals surface area contributed by atoms with Crippen LogP contribution in [0.4, 0.5) is 0 Å². The summed E-state index contributed by atoms with van der Waals surface area (Å²) in [5, 5.41) is 7.48. The Bertz CT molecular complexity index is 3950. The van der Waals surface area contributed by atoms with Crippen LogP contribution in [0.2, 0.25) is 0 Å². The molecule has 6 nitrogen and oxygen atoms in total. The molecule has 0 N–H and O–H groups in total. The van der Waals surface area contributed by atoms with E-state index in [4.69, 9.17) is 15.0 Å². The quantitative estimate of drug-likeness (QED) is 0.167. The zero-order valence-corrected chi connectivity index (χ0v) is 42.7. The van der Waals surface area contributed by atoms with E-state index in [-0.39, 0.29) is 10.8 Å². The van der Waals surface area contributed by atoms with Crippen LogP contribution < -0.4 is 0 Å². The van der Waals surface area contributed by atoms with E-state index < -0.39 is 0 Å². The molecule has 0 spiro atoms. The van der Waals surface area contributed by atoms with Crippen LogP contribution in [0, 0.1) is 35.5 Å². The number of para-hydroxylation sites is 5. The predicted octanol–water partition coefficient (Wildman–Crippen LogP) is 17.0. The fourth-order valence-electron chi connectivity index (χ4n) is 16.7. The summed E-state index contributed by atoms with van der Waals surface area (Å²) < 4.78 is 7.63. The van der Waals surface area contributed by atoms with Gasteiger partial charge in [0.05, 0.1) is 33.1 Å². The van der Waals surface area contributed by atoms with Gasteiger partial charge in [-0.25, -0.2) is 15.0 Å². The molecule has 362 valence electrons. The van der Waals surface area contributed by atoms with Crippen LogP contribution in [0.25, 0.3) is 93.9 Å². The molecule has 6 heteroatoms. The van der Waals surface area contributed by atoms with Crippen molar-refractivity contribution in [2.75, 3.05) is 0 Å². The fraction of sp³-hybridized carbons (Fsp3) is 0.328. The molecule has 0 amide bonds. The van der Waals surface area contributed by atoms with E-state index in [1.807, 2.05) is 0 Å². The van der Waals surface area contributed by atoms with Gasteiger partial charge in [-0.1, -0.05) is 131 Å². The van der Waals surface area contributed by atoms with Gasteiger partial charge in [-0.05, 0) is 154 Å². The minimum atomic E-state index is -0.0793. The summed E-state index contributed by atoms with van der Waals surface area (Å²) in [6.07, 6.45) is 12.5. The van der Waals surface area contributed by atoms with Gasteiger partial charge in [-0.2, -0.15) is 0 Å². The third-order valence-electron chi connectivity index (χ3n) is 18.6. The Morgan fingerprint density at radius 1 is 0.397 bits per heavy atom. The van der Waals surface area contributed by atoms with Gasteiger partial charge in [0.15, 0.2) is 5.82 Å². The minimum absolute atomic E-state index is 0.0187. The number of aromatic nitrogens is 6. The summed E-state index contributed by atoms with van der Waals surface area (Å²) in [5.41, 5.74) is 11.5. The first-order valence-electron chi connectivity index (χ1n) is 27.6. The average molecular weight is 953 g/mol. The van der Waals surface area contributed by atoms with Gasteiger partial charge in [-0.3, -0.25) is 0 Å². The topological polar surface area (TPSA) is 53.5 Å². The number of fused-ring (bicyclic) bond motifs is 16. The molecule has 73 heavy (non-hydrogen) atoms. The molecule has 4 aliphatic carbocycles. The predicted molar refractivity (Wildman–Crippen MR) is 301 cm³/mol. The van der Waals surface area contributed by atoms with Gasteiger partial charge in [0.2, 0.25) is 0 Å². The van der Waals surface area contributed by atoms with Crippen molar-refractivity contribution in [3.63, 3.8) is 0 Å². The summed E-state index contributed by atoms with van der Waals surface area (Å²) in [6, 6.07) is 58.4. The van der Waals surface area contributed by atoms with Crippen LogP contribution in [-0.2, 0) is 10.8 Å². The van der Waals surface area contributed by atoms with E-state index in [9.17, 15) is 0 Å². The highest BCUT2D eigenvalue weighted by atomic mass is 15.1. The van der Waals surface area contributed by atoms with Crippen LogP contribution >= 0.6 is 0 Å². The zero-order valence-electron chi connectivity index (χ0n) is 42.7. The van der Waals surface area contributed by atoms with Crippen molar-refractivity contribution in [3.05, 3.63) is 169 Å². The molecular formula is C67H64N6. The van der Waals surface area contributed by atoms with E-state index in [2.05, 4.69) is 199 Å². The van der Waals surface area contributed by atoms with E-state index in [1.165, 1.54) is 130 Å². The van der Waals surface area contributed by atoms with Gasteiger partial charge in [0, 0.05) is 65.8 Å². The highest BCUT2D eigenvalue weighted by molar-refractivity contribution is 6.40. The third kappa shape index (κ3) is 6.64. The molecule has 0 saturated heterocycles. The molecule has 0 radical (unpaired) electrons.